The summed E-state index contributed by atoms with van der Waals surface area (Å²) in [6.45, 7) is 5.95. The minimum atomic E-state index is -0.472. The van der Waals surface area contributed by atoms with Crippen molar-refractivity contribution in [3.63, 3.8) is 0 Å². The molecule has 4 heteroatoms. The first kappa shape index (κ1) is 13.6. The Morgan fingerprint density at radius 1 is 1.55 bits per heavy atom. The predicted octanol–water partition coefficient (Wildman–Crippen LogP) is -0.116. The Hall–Kier alpha value is 0.0274. The van der Waals surface area contributed by atoms with Gasteiger partial charge in [-0.15, -0.1) is 0 Å². The predicted molar refractivity (Wildman–Crippen MR) is 46.6 cm³/mol. The van der Waals surface area contributed by atoms with Crippen LogP contribution in [-0.2, 0) is 9.53 Å². The van der Waals surface area contributed by atoms with Crippen molar-refractivity contribution in [2.75, 3.05) is 6.61 Å². The second-order valence-electron chi connectivity index (χ2n) is 2.52. The van der Waals surface area contributed by atoms with Crippen LogP contribution in [0.3, 0.4) is 0 Å². The summed E-state index contributed by atoms with van der Waals surface area (Å²) in [5.41, 5.74) is 5.47. The van der Waals surface area contributed by atoms with Gasteiger partial charge in [-0.2, -0.15) is 0 Å². The summed E-state index contributed by atoms with van der Waals surface area (Å²) >= 11 is 0. The molecule has 62 valence electrons. The van der Waals surface area contributed by atoms with Gasteiger partial charge < -0.3 is 10.5 Å². The maximum atomic E-state index is 10.8. The zero-order chi connectivity index (χ0) is 8.15. The second kappa shape index (κ2) is 6.72. The first-order chi connectivity index (χ1) is 4.59. The molecule has 0 rings (SSSR count). The van der Waals surface area contributed by atoms with Crippen molar-refractivity contribution in [2.24, 2.45) is 11.7 Å². The van der Waals surface area contributed by atoms with Gasteiger partial charge in [-0.05, 0) is 12.8 Å². The molecule has 0 saturated heterocycles. The van der Waals surface area contributed by atoms with Crippen LogP contribution in [0.5, 0.6) is 0 Å². The van der Waals surface area contributed by atoms with Crippen molar-refractivity contribution in [1.82, 2.24) is 0 Å². The van der Waals surface area contributed by atoms with Crippen molar-refractivity contribution in [2.45, 2.75) is 26.8 Å². The van der Waals surface area contributed by atoms with E-state index in [1.807, 2.05) is 13.8 Å². The molecular formula is C7H16LiNO2. The number of hydrogen-bond donors (Lipinski definition) is 1. The Morgan fingerprint density at radius 2 is 2.00 bits per heavy atom. The molecule has 0 fully saturated rings. The number of hydrogen-bond acceptors (Lipinski definition) is 3. The molecule has 0 heterocycles. The molecule has 0 aromatic rings. The minimum absolute atomic E-state index is 0. The molecule has 0 aromatic carbocycles. The molecular weight excluding hydrogens is 137 g/mol. The molecule has 0 amide bonds. The van der Waals surface area contributed by atoms with Gasteiger partial charge in [-0.25, -0.2) is 0 Å². The van der Waals surface area contributed by atoms with Crippen LogP contribution in [0.25, 0.3) is 0 Å². The molecule has 0 aromatic heterocycles. The van der Waals surface area contributed by atoms with Crippen molar-refractivity contribution in [3.8, 4) is 0 Å². The molecule has 3 nitrogen and oxygen atoms in total. The average molecular weight is 153 g/mol. The van der Waals surface area contributed by atoms with E-state index >= 15 is 0 Å². The van der Waals surface area contributed by atoms with Gasteiger partial charge in [0.1, 0.15) is 6.04 Å². The summed E-state index contributed by atoms with van der Waals surface area (Å²) in [6, 6.07) is -0.472. The fourth-order valence-electron chi connectivity index (χ4n) is 0.511. The molecule has 0 bridgehead atoms. The fraction of sp³-hybridized carbons (Fsp3) is 0.857. The number of carbonyl (C=O) groups is 1. The van der Waals surface area contributed by atoms with Gasteiger partial charge in [-0.3, -0.25) is 4.79 Å². The summed E-state index contributed by atoms with van der Waals surface area (Å²) < 4.78 is 4.70. The van der Waals surface area contributed by atoms with Crippen LogP contribution in [0.1, 0.15) is 20.8 Å². The molecule has 1 atom stereocenters. The third-order valence-corrected chi connectivity index (χ3v) is 1.28. The summed E-state index contributed by atoms with van der Waals surface area (Å²) in [6.07, 6.45) is 0. The number of esters is 1. The van der Waals surface area contributed by atoms with Gasteiger partial charge in [0.15, 0.2) is 0 Å². The molecule has 0 aliphatic rings. The van der Waals surface area contributed by atoms with E-state index in [4.69, 9.17) is 10.5 Å². The maximum absolute atomic E-state index is 10.8. The van der Waals surface area contributed by atoms with E-state index in [0.717, 1.165) is 0 Å². The normalized spacial score (nSPS) is 12.1. The molecule has 0 aliphatic heterocycles. The molecule has 0 radical (unpaired) electrons. The standard InChI is InChI=1S/C7H15NO2.Li.H/c1-4-10-7(9)6(8)5(2)3;;/h5-6H,4,8H2,1-3H3;;. The average Bonchev–Trinajstić information content (AvgIpc) is 1.87. The van der Waals surface area contributed by atoms with Crippen LogP contribution in [0, 0.1) is 5.92 Å². The van der Waals surface area contributed by atoms with Crippen molar-refractivity contribution in [1.29, 1.82) is 0 Å². The van der Waals surface area contributed by atoms with Gasteiger partial charge in [0.05, 0.1) is 6.61 Å². The van der Waals surface area contributed by atoms with E-state index in [2.05, 4.69) is 0 Å². The SMILES string of the molecule is CCOC(=O)C(N)C(C)C.[LiH]. The Balaban J connectivity index is 0. The fourth-order valence-corrected chi connectivity index (χ4v) is 0.511. The van der Waals surface area contributed by atoms with Crippen LogP contribution in [0.2, 0.25) is 0 Å². The third kappa shape index (κ3) is 5.31. The van der Waals surface area contributed by atoms with Crippen LogP contribution >= 0.6 is 0 Å². The number of carbonyl (C=O) groups excluding carboxylic acids is 1. The summed E-state index contributed by atoms with van der Waals surface area (Å²) in [4.78, 5) is 10.8. The first-order valence-corrected chi connectivity index (χ1v) is 3.51. The Bertz CT molecular complexity index is 117. The van der Waals surface area contributed by atoms with Gasteiger partial charge >= 0.3 is 24.8 Å². The third-order valence-electron chi connectivity index (χ3n) is 1.28. The van der Waals surface area contributed by atoms with Gasteiger partial charge in [0, 0.05) is 0 Å². The van der Waals surface area contributed by atoms with Crippen LogP contribution in [-0.4, -0.2) is 37.5 Å². The molecule has 0 spiro atoms. The molecule has 11 heavy (non-hydrogen) atoms. The van der Waals surface area contributed by atoms with Gasteiger partial charge in [0.25, 0.3) is 0 Å². The Morgan fingerprint density at radius 3 is 2.27 bits per heavy atom. The zero-order valence-electron chi connectivity index (χ0n) is 6.76. The summed E-state index contributed by atoms with van der Waals surface area (Å²) in [5.74, 6) is -0.156. The molecule has 0 saturated carbocycles. The Kier molecular flexibility index (Phi) is 8.31. The van der Waals surface area contributed by atoms with E-state index in [1.165, 1.54) is 0 Å². The number of ether oxygens (including phenoxy) is 1. The van der Waals surface area contributed by atoms with E-state index < -0.39 is 6.04 Å². The number of nitrogens with two attached hydrogens (primary N) is 1. The monoisotopic (exact) mass is 153 g/mol. The molecule has 2 N–H and O–H groups in total. The topological polar surface area (TPSA) is 52.3 Å². The second-order valence-corrected chi connectivity index (χ2v) is 2.52. The Labute approximate surface area is 79.8 Å². The quantitative estimate of drug-likeness (QED) is 0.454. The summed E-state index contributed by atoms with van der Waals surface area (Å²) in [5, 5.41) is 0. The molecule has 0 aliphatic carbocycles. The van der Waals surface area contributed by atoms with E-state index in [9.17, 15) is 4.79 Å². The van der Waals surface area contributed by atoms with Crippen LogP contribution in [0.15, 0.2) is 0 Å². The zero-order valence-corrected chi connectivity index (χ0v) is 6.76. The van der Waals surface area contributed by atoms with Crippen LogP contribution < -0.4 is 5.73 Å². The van der Waals surface area contributed by atoms with Crippen molar-refractivity contribution < 1.29 is 9.53 Å². The van der Waals surface area contributed by atoms with E-state index in [0.29, 0.717) is 6.61 Å². The van der Waals surface area contributed by atoms with Gasteiger partial charge in [-0.1, -0.05) is 13.8 Å². The first-order valence-electron chi connectivity index (χ1n) is 3.51. The molecule has 1 unspecified atom stereocenters. The van der Waals surface area contributed by atoms with Crippen molar-refractivity contribution in [3.05, 3.63) is 0 Å². The van der Waals surface area contributed by atoms with E-state index in [1.54, 1.807) is 6.92 Å². The van der Waals surface area contributed by atoms with Crippen molar-refractivity contribution >= 4 is 24.8 Å². The van der Waals surface area contributed by atoms with Gasteiger partial charge in [0.2, 0.25) is 0 Å². The number of rotatable bonds is 3. The van der Waals surface area contributed by atoms with Crippen LogP contribution in [0.4, 0.5) is 0 Å². The van der Waals surface area contributed by atoms with E-state index in [-0.39, 0.29) is 30.7 Å². The summed E-state index contributed by atoms with van der Waals surface area (Å²) in [7, 11) is 0.